The lowest BCUT2D eigenvalue weighted by molar-refractivity contribution is -0.134. The van der Waals surface area contributed by atoms with Crippen molar-refractivity contribution in [2.24, 2.45) is 0 Å². The highest BCUT2D eigenvalue weighted by atomic mass is 19.1. The van der Waals surface area contributed by atoms with E-state index in [2.05, 4.69) is 11.4 Å². The highest BCUT2D eigenvalue weighted by molar-refractivity contribution is 5.94. The lowest BCUT2D eigenvalue weighted by Gasteiger charge is -2.38. The molecule has 22 heavy (non-hydrogen) atoms. The molecule has 0 saturated carbocycles. The summed E-state index contributed by atoms with van der Waals surface area (Å²) in [6.07, 6.45) is 0.817. The van der Waals surface area contributed by atoms with Gasteiger partial charge in [-0.1, -0.05) is 30.3 Å². The summed E-state index contributed by atoms with van der Waals surface area (Å²) < 4.78 is 13.9. The van der Waals surface area contributed by atoms with Crippen LogP contribution in [0.25, 0.3) is 0 Å². The molecular weight excluding hydrogens is 279 g/mol. The Balaban J connectivity index is 2.06. The highest BCUT2D eigenvalue weighted by Crippen LogP contribution is 2.49. The zero-order valence-corrected chi connectivity index (χ0v) is 12.6. The van der Waals surface area contributed by atoms with Crippen LogP contribution in [0, 0.1) is 5.82 Å². The Labute approximate surface area is 128 Å². The molecule has 0 saturated heterocycles. The first-order chi connectivity index (χ1) is 10.5. The zero-order chi connectivity index (χ0) is 15.5. The van der Waals surface area contributed by atoms with Gasteiger partial charge >= 0.3 is 0 Å². The van der Waals surface area contributed by atoms with Crippen molar-refractivity contribution in [3.05, 3.63) is 70.5 Å². The van der Waals surface area contributed by atoms with Crippen LogP contribution in [0.15, 0.2) is 42.5 Å². The molecule has 3 nitrogen and oxygen atoms in total. The van der Waals surface area contributed by atoms with Gasteiger partial charge in [-0.05, 0) is 40.8 Å². The summed E-state index contributed by atoms with van der Waals surface area (Å²) in [5, 5.41) is 3.48. The summed E-state index contributed by atoms with van der Waals surface area (Å²) in [4.78, 5) is 14.6. The van der Waals surface area contributed by atoms with E-state index in [9.17, 15) is 9.18 Å². The minimum absolute atomic E-state index is 0.0504. The summed E-state index contributed by atoms with van der Waals surface area (Å²) in [7, 11) is 3.48. The number of amides is 1. The maximum Gasteiger partial charge on any atom is 0.251 e. The number of nitrogens with one attached hydrogen (secondary N) is 1. The number of fused-ring (bicyclic) bond motifs is 7. The molecule has 112 valence electrons. The SMILES string of the molecule is CN(C)C(=O)C12NC(Cc3ccccc31)c1ccc(F)cc12. The van der Waals surface area contributed by atoms with Gasteiger partial charge < -0.3 is 4.90 Å². The predicted molar refractivity (Wildman–Crippen MR) is 81.9 cm³/mol. The molecule has 4 rings (SSSR count). The number of carbonyl (C=O) groups is 1. The summed E-state index contributed by atoms with van der Waals surface area (Å²) in [5.74, 6) is -0.370. The molecule has 2 atom stereocenters. The zero-order valence-electron chi connectivity index (χ0n) is 12.6. The van der Waals surface area contributed by atoms with Gasteiger partial charge in [-0.2, -0.15) is 0 Å². The molecule has 0 spiro atoms. The Morgan fingerprint density at radius 1 is 1.23 bits per heavy atom. The van der Waals surface area contributed by atoms with E-state index < -0.39 is 5.54 Å². The van der Waals surface area contributed by atoms with E-state index in [1.807, 2.05) is 18.2 Å². The van der Waals surface area contributed by atoms with E-state index in [1.165, 1.54) is 12.1 Å². The van der Waals surface area contributed by atoms with Crippen molar-refractivity contribution >= 4 is 5.91 Å². The molecule has 2 heterocycles. The van der Waals surface area contributed by atoms with Crippen LogP contribution in [0.4, 0.5) is 4.39 Å². The number of rotatable bonds is 1. The van der Waals surface area contributed by atoms with Gasteiger partial charge in [-0.25, -0.2) is 4.39 Å². The minimum atomic E-state index is -0.972. The smallest absolute Gasteiger partial charge is 0.251 e. The number of benzene rings is 2. The highest BCUT2D eigenvalue weighted by Gasteiger charge is 2.54. The first kappa shape index (κ1) is 13.5. The molecule has 0 aliphatic carbocycles. The lowest BCUT2D eigenvalue weighted by Crippen LogP contribution is -2.54. The Morgan fingerprint density at radius 2 is 2.00 bits per heavy atom. The number of halogens is 1. The van der Waals surface area contributed by atoms with Gasteiger partial charge in [-0.3, -0.25) is 10.1 Å². The molecule has 1 amide bonds. The van der Waals surface area contributed by atoms with Crippen LogP contribution in [0.5, 0.6) is 0 Å². The van der Waals surface area contributed by atoms with E-state index >= 15 is 0 Å². The quantitative estimate of drug-likeness (QED) is 0.876. The van der Waals surface area contributed by atoms with Crippen molar-refractivity contribution in [2.75, 3.05) is 14.1 Å². The fourth-order valence-electron chi connectivity index (χ4n) is 3.87. The van der Waals surface area contributed by atoms with Gasteiger partial charge in [0.2, 0.25) is 0 Å². The van der Waals surface area contributed by atoms with Gasteiger partial charge in [-0.15, -0.1) is 0 Å². The van der Waals surface area contributed by atoms with Crippen LogP contribution in [-0.2, 0) is 16.8 Å². The Kier molecular flexibility index (Phi) is 2.69. The molecular formula is C18H17FN2O. The number of carbonyl (C=O) groups excluding carboxylic acids is 1. The molecule has 2 bridgehead atoms. The monoisotopic (exact) mass is 296 g/mol. The minimum Gasteiger partial charge on any atom is -0.347 e. The van der Waals surface area contributed by atoms with Gasteiger partial charge in [0.25, 0.3) is 5.91 Å². The van der Waals surface area contributed by atoms with Crippen molar-refractivity contribution in [2.45, 2.75) is 18.0 Å². The van der Waals surface area contributed by atoms with Gasteiger partial charge in [0, 0.05) is 20.1 Å². The first-order valence-electron chi connectivity index (χ1n) is 7.42. The van der Waals surface area contributed by atoms with Crippen LogP contribution in [-0.4, -0.2) is 24.9 Å². The predicted octanol–water partition coefficient (Wildman–Crippen LogP) is 2.36. The number of hydrogen-bond acceptors (Lipinski definition) is 2. The second-order valence-electron chi connectivity index (χ2n) is 6.24. The van der Waals surface area contributed by atoms with E-state index in [1.54, 1.807) is 25.1 Å². The maximum absolute atomic E-state index is 13.9. The van der Waals surface area contributed by atoms with Gasteiger partial charge in [0.15, 0.2) is 5.54 Å². The Hall–Kier alpha value is -2.20. The van der Waals surface area contributed by atoms with Crippen molar-refractivity contribution in [3.63, 3.8) is 0 Å². The summed E-state index contributed by atoms with van der Waals surface area (Å²) in [5.41, 5.74) is 2.89. The third-order valence-electron chi connectivity index (χ3n) is 4.76. The van der Waals surface area contributed by atoms with E-state index in [0.29, 0.717) is 0 Å². The molecule has 0 fully saturated rings. The number of hydrogen-bond donors (Lipinski definition) is 1. The fourth-order valence-corrected chi connectivity index (χ4v) is 3.87. The lowest BCUT2D eigenvalue weighted by atomic mass is 9.79. The van der Waals surface area contributed by atoms with Crippen LogP contribution >= 0.6 is 0 Å². The maximum atomic E-state index is 13.9. The summed E-state index contributed by atoms with van der Waals surface area (Å²) in [6, 6.07) is 12.8. The molecule has 0 radical (unpaired) electrons. The van der Waals surface area contributed by atoms with Crippen LogP contribution in [0.1, 0.15) is 28.3 Å². The largest absolute Gasteiger partial charge is 0.347 e. The van der Waals surface area contributed by atoms with Crippen LogP contribution < -0.4 is 5.32 Å². The second-order valence-corrected chi connectivity index (χ2v) is 6.24. The first-order valence-corrected chi connectivity index (χ1v) is 7.42. The molecule has 2 unspecified atom stereocenters. The average Bonchev–Trinajstić information content (AvgIpc) is 2.77. The molecule has 2 aromatic rings. The van der Waals surface area contributed by atoms with E-state index in [4.69, 9.17) is 0 Å². The number of likely N-dealkylation sites (N-methyl/N-ethyl adjacent to an activating group) is 1. The standard InChI is InChI=1S/C18H17FN2O/c1-21(2)17(22)18-14-6-4-3-5-11(14)9-16(20-18)13-8-7-12(19)10-15(13)18/h3-8,10,16,20H,9H2,1-2H3. The molecule has 2 aliphatic heterocycles. The third kappa shape index (κ3) is 1.56. The van der Waals surface area contributed by atoms with Crippen molar-refractivity contribution in [1.82, 2.24) is 10.2 Å². The summed E-state index contributed by atoms with van der Waals surface area (Å²) >= 11 is 0. The van der Waals surface area contributed by atoms with E-state index in [0.717, 1.165) is 28.7 Å². The second kappa shape index (κ2) is 4.40. The van der Waals surface area contributed by atoms with Gasteiger partial charge in [0.1, 0.15) is 5.82 Å². The fraction of sp³-hybridized carbons (Fsp3) is 0.278. The average molecular weight is 296 g/mol. The van der Waals surface area contributed by atoms with Crippen LogP contribution in [0.3, 0.4) is 0 Å². The van der Waals surface area contributed by atoms with Gasteiger partial charge in [0.05, 0.1) is 0 Å². The normalized spacial score (nSPS) is 24.6. The third-order valence-corrected chi connectivity index (χ3v) is 4.76. The number of nitrogens with zero attached hydrogens (tertiary/aromatic N) is 1. The molecule has 2 aliphatic rings. The Bertz CT molecular complexity index is 786. The van der Waals surface area contributed by atoms with E-state index in [-0.39, 0.29) is 17.8 Å². The summed E-state index contributed by atoms with van der Waals surface area (Å²) in [6.45, 7) is 0. The topological polar surface area (TPSA) is 32.3 Å². The Morgan fingerprint density at radius 3 is 2.77 bits per heavy atom. The van der Waals surface area contributed by atoms with Crippen molar-refractivity contribution in [3.8, 4) is 0 Å². The van der Waals surface area contributed by atoms with Crippen molar-refractivity contribution in [1.29, 1.82) is 0 Å². The molecule has 1 N–H and O–H groups in total. The van der Waals surface area contributed by atoms with Crippen LogP contribution in [0.2, 0.25) is 0 Å². The molecule has 0 aromatic heterocycles. The molecule has 2 aromatic carbocycles. The van der Waals surface area contributed by atoms with Crippen molar-refractivity contribution < 1.29 is 9.18 Å². The molecule has 4 heteroatoms.